The van der Waals surface area contributed by atoms with Crippen LogP contribution in [0.3, 0.4) is 0 Å². The number of anilines is 1. The Bertz CT molecular complexity index is 1030. The van der Waals surface area contributed by atoms with E-state index in [1.165, 1.54) is 12.1 Å². The fraction of sp³-hybridized carbons (Fsp3) is 0.250. The molecule has 0 aliphatic heterocycles. The SMILES string of the molecule is CCc1nccn1CCCNc1cc(-c2ccc(F)cc2)nc2ccnn12. The van der Waals surface area contributed by atoms with Gasteiger partial charge in [-0.3, -0.25) is 0 Å². The predicted octanol–water partition coefficient (Wildman–Crippen LogP) is 3.80. The van der Waals surface area contributed by atoms with Crippen molar-refractivity contribution < 1.29 is 4.39 Å². The van der Waals surface area contributed by atoms with Crippen molar-refractivity contribution in [2.45, 2.75) is 26.3 Å². The Morgan fingerprint density at radius 3 is 2.78 bits per heavy atom. The zero-order chi connectivity index (χ0) is 18.6. The maximum absolute atomic E-state index is 13.2. The van der Waals surface area contributed by atoms with E-state index in [9.17, 15) is 4.39 Å². The maximum atomic E-state index is 13.2. The van der Waals surface area contributed by atoms with Crippen molar-refractivity contribution in [1.82, 2.24) is 24.1 Å². The molecule has 1 aromatic carbocycles. The lowest BCUT2D eigenvalue weighted by Gasteiger charge is -2.11. The lowest BCUT2D eigenvalue weighted by atomic mass is 10.1. The van der Waals surface area contributed by atoms with Crippen LogP contribution in [0.25, 0.3) is 16.9 Å². The summed E-state index contributed by atoms with van der Waals surface area (Å²) in [6.45, 7) is 3.82. The third kappa shape index (κ3) is 3.67. The van der Waals surface area contributed by atoms with E-state index in [-0.39, 0.29) is 5.82 Å². The van der Waals surface area contributed by atoms with E-state index in [1.807, 2.05) is 24.5 Å². The summed E-state index contributed by atoms with van der Waals surface area (Å²) in [5, 5.41) is 7.79. The second kappa shape index (κ2) is 7.57. The number of rotatable bonds is 7. The van der Waals surface area contributed by atoms with Gasteiger partial charge >= 0.3 is 0 Å². The van der Waals surface area contributed by atoms with Crippen LogP contribution in [0.4, 0.5) is 10.2 Å². The van der Waals surface area contributed by atoms with Gasteiger partial charge in [0.15, 0.2) is 5.65 Å². The highest BCUT2D eigenvalue weighted by atomic mass is 19.1. The van der Waals surface area contributed by atoms with Crippen LogP contribution in [0, 0.1) is 5.82 Å². The molecule has 7 heteroatoms. The first-order chi connectivity index (χ1) is 13.2. The van der Waals surface area contributed by atoms with Crippen LogP contribution >= 0.6 is 0 Å². The molecule has 4 rings (SSSR count). The molecular weight excluding hydrogens is 343 g/mol. The van der Waals surface area contributed by atoms with E-state index >= 15 is 0 Å². The predicted molar refractivity (Wildman–Crippen MR) is 103 cm³/mol. The Morgan fingerprint density at radius 2 is 1.96 bits per heavy atom. The highest BCUT2D eigenvalue weighted by Crippen LogP contribution is 2.22. The fourth-order valence-corrected chi connectivity index (χ4v) is 3.13. The monoisotopic (exact) mass is 364 g/mol. The molecule has 0 spiro atoms. The molecule has 27 heavy (non-hydrogen) atoms. The normalized spacial score (nSPS) is 11.2. The molecule has 0 atom stereocenters. The molecule has 0 radical (unpaired) electrons. The summed E-state index contributed by atoms with van der Waals surface area (Å²) in [4.78, 5) is 8.96. The average Bonchev–Trinajstić information content (AvgIpc) is 3.34. The molecule has 0 amide bonds. The van der Waals surface area contributed by atoms with Crippen molar-refractivity contribution in [2.24, 2.45) is 0 Å². The van der Waals surface area contributed by atoms with Crippen molar-refractivity contribution in [3.63, 3.8) is 0 Å². The summed E-state index contributed by atoms with van der Waals surface area (Å²) in [6.07, 6.45) is 7.47. The minimum Gasteiger partial charge on any atom is -0.370 e. The van der Waals surface area contributed by atoms with E-state index in [0.717, 1.165) is 54.5 Å². The first-order valence-corrected chi connectivity index (χ1v) is 9.09. The van der Waals surface area contributed by atoms with Crippen molar-refractivity contribution in [2.75, 3.05) is 11.9 Å². The summed E-state index contributed by atoms with van der Waals surface area (Å²) in [7, 11) is 0. The standard InChI is InChI=1S/C20H21FN6/c1-2-18-23-11-13-26(18)12-3-9-22-20-14-17(15-4-6-16(21)7-5-15)25-19-8-10-24-27(19)20/h4-8,10-11,13-14,22H,2-3,9,12H2,1H3. The first kappa shape index (κ1) is 17.2. The molecule has 6 nitrogen and oxygen atoms in total. The molecule has 0 aliphatic rings. The van der Waals surface area contributed by atoms with E-state index in [0.29, 0.717) is 0 Å². The van der Waals surface area contributed by atoms with Gasteiger partial charge in [-0.15, -0.1) is 0 Å². The van der Waals surface area contributed by atoms with Crippen LogP contribution in [0.15, 0.2) is 55.0 Å². The van der Waals surface area contributed by atoms with Crippen LogP contribution in [0.2, 0.25) is 0 Å². The summed E-state index contributed by atoms with van der Waals surface area (Å²) >= 11 is 0. The highest BCUT2D eigenvalue weighted by Gasteiger charge is 2.08. The molecule has 0 fully saturated rings. The molecule has 0 bridgehead atoms. The van der Waals surface area contributed by atoms with Crippen LogP contribution in [0.5, 0.6) is 0 Å². The van der Waals surface area contributed by atoms with Gasteiger partial charge in [0, 0.05) is 49.6 Å². The Morgan fingerprint density at radius 1 is 1.11 bits per heavy atom. The highest BCUT2D eigenvalue weighted by molar-refractivity contribution is 5.66. The molecule has 3 heterocycles. The second-order valence-corrected chi connectivity index (χ2v) is 6.31. The number of aromatic nitrogens is 5. The molecule has 0 saturated heterocycles. The van der Waals surface area contributed by atoms with E-state index in [4.69, 9.17) is 0 Å². The van der Waals surface area contributed by atoms with Gasteiger partial charge in [0.25, 0.3) is 0 Å². The summed E-state index contributed by atoms with van der Waals surface area (Å²) in [5.41, 5.74) is 2.41. The zero-order valence-corrected chi connectivity index (χ0v) is 15.1. The number of imidazole rings is 1. The number of fused-ring (bicyclic) bond motifs is 1. The average molecular weight is 364 g/mol. The minimum absolute atomic E-state index is 0.256. The lowest BCUT2D eigenvalue weighted by Crippen LogP contribution is -2.11. The van der Waals surface area contributed by atoms with Gasteiger partial charge in [0.05, 0.1) is 11.9 Å². The van der Waals surface area contributed by atoms with E-state index in [1.54, 1.807) is 22.8 Å². The topological polar surface area (TPSA) is 60.0 Å². The van der Waals surface area contributed by atoms with Gasteiger partial charge in [-0.2, -0.15) is 9.61 Å². The summed E-state index contributed by atoms with van der Waals surface area (Å²) in [5.74, 6) is 1.71. The molecule has 0 unspecified atom stereocenters. The quantitative estimate of drug-likeness (QED) is 0.507. The minimum atomic E-state index is -0.256. The fourth-order valence-electron chi connectivity index (χ4n) is 3.13. The Balaban J connectivity index is 1.50. The molecule has 4 aromatic rings. The molecule has 1 N–H and O–H groups in total. The number of hydrogen-bond donors (Lipinski definition) is 1. The largest absolute Gasteiger partial charge is 0.370 e. The van der Waals surface area contributed by atoms with Crippen LogP contribution < -0.4 is 5.32 Å². The van der Waals surface area contributed by atoms with Crippen molar-refractivity contribution in [3.8, 4) is 11.3 Å². The van der Waals surface area contributed by atoms with Gasteiger partial charge in [-0.25, -0.2) is 14.4 Å². The molecular formula is C20H21FN6. The number of aryl methyl sites for hydroxylation is 2. The third-order valence-electron chi connectivity index (χ3n) is 4.50. The molecule has 0 aliphatic carbocycles. The number of halogens is 1. The lowest BCUT2D eigenvalue weighted by molar-refractivity contribution is 0.628. The van der Waals surface area contributed by atoms with Crippen molar-refractivity contribution in [1.29, 1.82) is 0 Å². The summed E-state index contributed by atoms with van der Waals surface area (Å²) < 4.78 is 17.2. The Kier molecular flexibility index (Phi) is 4.82. The Labute approximate surface area is 156 Å². The summed E-state index contributed by atoms with van der Waals surface area (Å²) in [6, 6.07) is 10.2. The van der Waals surface area contributed by atoms with Gasteiger partial charge in [-0.05, 0) is 30.7 Å². The third-order valence-corrected chi connectivity index (χ3v) is 4.50. The van der Waals surface area contributed by atoms with Gasteiger partial charge in [-0.1, -0.05) is 6.92 Å². The molecule has 138 valence electrons. The zero-order valence-electron chi connectivity index (χ0n) is 15.1. The van der Waals surface area contributed by atoms with Gasteiger partial charge in [0.2, 0.25) is 0 Å². The van der Waals surface area contributed by atoms with Crippen LogP contribution in [-0.4, -0.2) is 30.7 Å². The number of hydrogen-bond acceptors (Lipinski definition) is 4. The van der Waals surface area contributed by atoms with E-state index in [2.05, 4.69) is 31.9 Å². The maximum Gasteiger partial charge on any atom is 0.157 e. The number of benzene rings is 1. The first-order valence-electron chi connectivity index (χ1n) is 9.09. The molecule has 3 aromatic heterocycles. The van der Waals surface area contributed by atoms with Gasteiger partial charge < -0.3 is 9.88 Å². The smallest absolute Gasteiger partial charge is 0.157 e. The van der Waals surface area contributed by atoms with Crippen LogP contribution in [-0.2, 0) is 13.0 Å². The number of nitrogens with one attached hydrogen (secondary N) is 1. The Hall–Kier alpha value is -3.22. The van der Waals surface area contributed by atoms with Gasteiger partial charge in [0.1, 0.15) is 17.5 Å². The van der Waals surface area contributed by atoms with E-state index < -0.39 is 0 Å². The molecule has 0 saturated carbocycles. The van der Waals surface area contributed by atoms with Crippen molar-refractivity contribution >= 4 is 11.5 Å². The number of nitrogens with zero attached hydrogens (tertiary/aromatic N) is 5. The van der Waals surface area contributed by atoms with Crippen LogP contribution in [0.1, 0.15) is 19.2 Å². The second-order valence-electron chi connectivity index (χ2n) is 6.31. The van der Waals surface area contributed by atoms with Crippen molar-refractivity contribution in [3.05, 3.63) is 66.6 Å².